The normalized spacial score (nSPS) is 18.1. The van der Waals surface area contributed by atoms with Gasteiger partial charge in [0.15, 0.2) is 0 Å². The van der Waals surface area contributed by atoms with Gasteiger partial charge < -0.3 is 9.47 Å². The number of aromatic nitrogens is 2. The highest BCUT2D eigenvalue weighted by Crippen LogP contribution is 2.63. The molecule has 0 saturated carbocycles. The Morgan fingerprint density at radius 2 is 1.05 bits per heavy atom. The molecule has 0 unspecified atom stereocenters. The number of nitrogens with zero attached hydrogens (tertiary/aromatic N) is 4. The van der Waals surface area contributed by atoms with E-state index in [2.05, 4.69) is 263 Å². The molecule has 2 aromatic heterocycles. The Labute approximate surface area is 444 Å². The number of benzene rings is 6. The van der Waals surface area contributed by atoms with Crippen LogP contribution >= 0.6 is 0 Å². The zero-order valence-electron chi connectivity index (χ0n) is 48.5. The molecule has 0 fully saturated rings. The lowest BCUT2D eigenvalue weighted by atomic mass is 9.62. The van der Waals surface area contributed by atoms with Gasteiger partial charge in [-0.05, 0) is 177 Å². The fourth-order valence-corrected chi connectivity index (χ4v) is 12.3. The standard InChI is InChI=1S/C70H82N4/c1-41(2)51-22-21-23-52(42(3)4)63(51)74-64(72-69(19)58-27-25-46(65(7,8)9)37-54(58)55-38-47(66(10,11)12)26-28-59(55)70(69,74)20)45-34-49(68(16,17)18)36-50(35-45)73-61-29-24-43(5)32-56(61)57-33-44(6)53(40-62(57)73)60-39-48(30-31-71-60)67(13,14)15/h21-42H,1-20H3/t69-,70+/m1/s1. The highest BCUT2D eigenvalue weighted by atomic mass is 15.4. The number of anilines is 1. The smallest absolute Gasteiger partial charge is 0.137 e. The van der Waals surface area contributed by atoms with E-state index in [-0.39, 0.29) is 33.5 Å². The van der Waals surface area contributed by atoms with E-state index in [0.29, 0.717) is 0 Å². The molecule has 0 radical (unpaired) electrons. The van der Waals surface area contributed by atoms with Gasteiger partial charge in [-0.1, -0.05) is 177 Å². The summed E-state index contributed by atoms with van der Waals surface area (Å²) in [5, 5.41) is 2.50. The van der Waals surface area contributed by atoms with Crippen molar-refractivity contribution in [3.05, 3.63) is 183 Å². The molecule has 10 rings (SSSR count). The SMILES string of the molecule is Cc1ccc2c(c1)c1cc(C)c(-c3cc(C(C)(C)C)ccn3)cc1n2-c1cc(C2=N[C@]3(C)c4ccc(C(C)(C)C)cc4-c4cc(C(C)(C)C)ccc4[C@]3(C)N2c2c(C(C)C)cccc2C(C)C)cc(C(C)(C)C)c1. The fraction of sp³-hybridized carbons (Fsp3) is 0.400. The van der Waals surface area contributed by atoms with Gasteiger partial charge in [0, 0.05) is 33.8 Å². The van der Waals surface area contributed by atoms with E-state index in [9.17, 15) is 0 Å². The minimum atomic E-state index is -0.689. The maximum absolute atomic E-state index is 6.35. The summed E-state index contributed by atoms with van der Waals surface area (Å²) in [7, 11) is 0. The highest BCUT2D eigenvalue weighted by molar-refractivity contribution is 6.16. The van der Waals surface area contributed by atoms with Crippen LogP contribution in [0.4, 0.5) is 5.69 Å². The predicted molar refractivity (Wildman–Crippen MR) is 319 cm³/mol. The number of pyridine rings is 1. The molecule has 0 amide bonds. The topological polar surface area (TPSA) is 33.4 Å². The van der Waals surface area contributed by atoms with Crippen LogP contribution in [0.2, 0.25) is 0 Å². The molecular formula is C70H82N4. The number of aryl methyl sites for hydroxylation is 2. The van der Waals surface area contributed by atoms with Crippen LogP contribution in [0.5, 0.6) is 0 Å². The lowest BCUT2D eigenvalue weighted by Gasteiger charge is -2.51. The van der Waals surface area contributed by atoms with Gasteiger partial charge in [0.1, 0.15) is 11.4 Å². The van der Waals surface area contributed by atoms with Crippen LogP contribution in [-0.4, -0.2) is 15.4 Å². The Balaban J connectivity index is 1.33. The Morgan fingerprint density at radius 3 is 1.64 bits per heavy atom. The van der Waals surface area contributed by atoms with E-state index in [4.69, 9.17) is 9.98 Å². The molecule has 3 heterocycles. The van der Waals surface area contributed by atoms with Crippen LogP contribution in [0, 0.1) is 13.8 Å². The molecule has 0 saturated heterocycles. The van der Waals surface area contributed by atoms with Crippen LogP contribution in [0.3, 0.4) is 0 Å². The summed E-state index contributed by atoms with van der Waals surface area (Å²) in [6, 6.07) is 45.4. The van der Waals surface area contributed by atoms with Crippen LogP contribution in [-0.2, 0) is 32.7 Å². The van der Waals surface area contributed by atoms with E-state index >= 15 is 0 Å². The first-order valence-corrected chi connectivity index (χ1v) is 27.5. The van der Waals surface area contributed by atoms with E-state index in [1.54, 1.807) is 0 Å². The molecule has 1 aliphatic heterocycles. The van der Waals surface area contributed by atoms with E-state index < -0.39 is 11.1 Å². The Kier molecular flexibility index (Phi) is 11.9. The molecule has 0 bridgehead atoms. The summed E-state index contributed by atoms with van der Waals surface area (Å²) in [5.41, 5.74) is 22.0. The van der Waals surface area contributed by atoms with Crippen molar-refractivity contribution in [2.24, 2.45) is 4.99 Å². The molecule has 74 heavy (non-hydrogen) atoms. The van der Waals surface area contributed by atoms with Gasteiger partial charge >= 0.3 is 0 Å². The van der Waals surface area contributed by atoms with Crippen molar-refractivity contribution in [2.75, 3.05) is 4.90 Å². The molecule has 4 nitrogen and oxygen atoms in total. The van der Waals surface area contributed by atoms with Crippen LogP contribution in [0.15, 0.2) is 126 Å². The number of para-hydroxylation sites is 1. The third-order valence-electron chi connectivity index (χ3n) is 17.1. The van der Waals surface area contributed by atoms with Gasteiger partial charge in [-0.25, -0.2) is 0 Å². The fourth-order valence-electron chi connectivity index (χ4n) is 12.3. The zero-order valence-corrected chi connectivity index (χ0v) is 48.5. The second-order valence-corrected chi connectivity index (χ2v) is 27.3. The highest BCUT2D eigenvalue weighted by Gasteiger charge is 2.62. The molecular weight excluding hydrogens is 897 g/mol. The molecule has 1 aliphatic carbocycles. The van der Waals surface area contributed by atoms with Crippen LogP contribution in [0.25, 0.3) is 49.9 Å². The first kappa shape index (κ1) is 51.2. The average molecular weight is 979 g/mol. The molecule has 8 aromatic rings. The first-order chi connectivity index (χ1) is 34.4. The maximum atomic E-state index is 6.35. The Bertz CT molecular complexity index is 3580. The Morgan fingerprint density at radius 1 is 0.500 bits per heavy atom. The van der Waals surface area contributed by atoms with Crippen LogP contribution in [0.1, 0.15) is 198 Å². The van der Waals surface area contributed by atoms with E-state index in [1.807, 2.05) is 6.20 Å². The molecule has 2 aliphatic rings. The average Bonchev–Trinajstić information content (AvgIpc) is 3.77. The largest absolute Gasteiger partial charge is 0.313 e. The summed E-state index contributed by atoms with van der Waals surface area (Å²) in [5.74, 6) is 1.54. The number of aliphatic imine (C=N–C) groups is 1. The summed E-state index contributed by atoms with van der Waals surface area (Å²) >= 11 is 0. The van der Waals surface area contributed by atoms with Crippen molar-refractivity contribution < 1.29 is 0 Å². The third-order valence-corrected chi connectivity index (χ3v) is 17.1. The summed E-state index contributed by atoms with van der Waals surface area (Å²) in [6.45, 7) is 46.8. The zero-order chi connectivity index (χ0) is 53.6. The monoisotopic (exact) mass is 979 g/mol. The minimum absolute atomic E-state index is 0.00505. The van der Waals surface area contributed by atoms with Gasteiger partial charge in [0.05, 0.1) is 28.0 Å². The predicted octanol–water partition coefficient (Wildman–Crippen LogP) is 19.0. The van der Waals surface area contributed by atoms with Gasteiger partial charge in [0.25, 0.3) is 0 Å². The van der Waals surface area contributed by atoms with Gasteiger partial charge in [-0.2, -0.15) is 0 Å². The van der Waals surface area contributed by atoms with Crippen LogP contribution < -0.4 is 4.90 Å². The second kappa shape index (κ2) is 17.1. The molecule has 2 atom stereocenters. The molecule has 0 spiro atoms. The van der Waals surface area contributed by atoms with Crippen molar-refractivity contribution in [1.29, 1.82) is 0 Å². The molecule has 6 aromatic carbocycles. The number of hydrogen-bond donors (Lipinski definition) is 0. The maximum Gasteiger partial charge on any atom is 0.137 e. The van der Waals surface area contributed by atoms with Crippen molar-refractivity contribution in [3.8, 4) is 28.1 Å². The summed E-state index contributed by atoms with van der Waals surface area (Å²) in [6.07, 6.45) is 1.98. The number of hydrogen-bond acceptors (Lipinski definition) is 3. The lowest BCUT2D eigenvalue weighted by Crippen LogP contribution is -2.55. The van der Waals surface area contributed by atoms with E-state index in [1.165, 1.54) is 94.3 Å². The number of amidine groups is 1. The number of rotatable bonds is 6. The second-order valence-electron chi connectivity index (χ2n) is 27.3. The van der Waals surface area contributed by atoms with E-state index in [0.717, 1.165) is 28.3 Å². The van der Waals surface area contributed by atoms with Crippen molar-refractivity contribution >= 4 is 33.3 Å². The van der Waals surface area contributed by atoms with Gasteiger partial charge in [-0.3, -0.25) is 9.98 Å². The van der Waals surface area contributed by atoms with Gasteiger partial charge in [0.2, 0.25) is 0 Å². The minimum Gasteiger partial charge on any atom is -0.313 e. The van der Waals surface area contributed by atoms with Crippen molar-refractivity contribution in [3.63, 3.8) is 0 Å². The Hall–Kier alpha value is -6.26. The van der Waals surface area contributed by atoms with Crippen molar-refractivity contribution in [1.82, 2.24) is 9.55 Å². The third kappa shape index (κ3) is 8.07. The lowest BCUT2D eigenvalue weighted by molar-refractivity contribution is 0.292. The van der Waals surface area contributed by atoms with Gasteiger partial charge in [-0.15, -0.1) is 0 Å². The quantitative estimate of drug-likeness (QED) is 0.166. The number of fused-ring (bicyclic) bond motifs is 9. The molecule has 0 N–H and O–H groups in total. The molecule has 382 valence electrons. The first-order valence-electron chi connectivity index (χ1n) is 27.5. The summed E-state index contributed by atoms with van der Waals surface area (Å²) < 4.78 is 2.53. The summed E-state index contributed by atoms with van der Waals surface area (Å²) in [4.78, 5) is 14.1. The molecule has 4 heteroatoms. The van der Waals surface area contributed by atoms with Crippen molar-refractivity contribution in [2.45, 2.75) is 183 Å².